The summed E-state index contributed by atoms with van der Waals surface area (Å²) in [6, 6.07) is 204. The number of para-hydroxylation sites is 1. The molecule has 0 saturated heterocycles. The lowest BCUT2D eigenvalue weighted by Gasteiger charge is -2.27. The van der Waals surface area contributed by atoms with Gasteiger partial charge in [-0.15, -0.1) is 22.7 Å². The Morgan fingerprint density at radius 2 is 0.411 bits per heavy atom. The summed E-state index contributed by atoms with van der Waals surface area (Å²) in [6.45, 7) is 0. The van der Waals surface area contributed by atoms with Crippen LogP contribution in [0.5, 0.6) is 0 Å². The summed E-state index contributed by atoms with van der Waals surface area (Å²) in [4.78, 5) is 7.15. The Morgan fingerprint density at radius 3 is 0.918 bits per heavy atom. The molecule has 0 saturated carbocycles. The fraction of sp³-hybridized carbons (Fsp3) is 0. The number of nitrogens with zero attached hydrogens (tertiary/aromatic N) is 3. The summed E-state index contributed by atoms with van der Waals surface area (Å²) in [5.41, 5.74) is 31.1. The first-order chi connectivity index (χ1) is 72.3. The molecule has 3 aromatic heterocycles. The molecule has 686 valence electrons. The molecule has 28 aromatic rings. The van der Waals surface area contributed by atoms with Gasteiger partial charge in [0.25, 0.3) is 0 Å². The first-order valence-corrected chi connectivity index (χ1v) is 51.4. The Labute approximate surface area is 855 Å². The molecule has 0 bridgehead atoms. The number of furan rings is 1. The summed E-state index contributed by atoms with van der Waals surface area (Å²) in [6.07, 6.45) is 0. The molecule has 146 heavy (non-hydrogen) atoms. The molecule has 0 aliphatic heterocycles. The Morgan fingerprint density at radius 1 is 0.123 bits per heavy atom. The van der Waals surface area contributed by atoms with Crippen molar-refractivity contribution in [3.05, 3.63) is 564 Å². The Balaban J connectivity index is 0.000000111. The van der Waals surface area contributed by atoms with Gasteiger partial charge in [-0.2, -0.15) is 0 Å². The van der Waals surface area contributed by atoms with Crippen molar-refractivity contribution in [2.75, 3.05) is 14.7 Å². The number of thiophene rings is 2. The van der Waals surface area contributed by atoms with E-state index in [2.05, 4.69) is 567 Å². The van der Waals surface area contributed by atoms with Gasteiger partial charge in [-0.25, -0.2) is 0 Å². The van der Waals surface area contributed by atoms with Crippen molar-refractivity contribution < 1.29 is 4.42 Å². The third-order valence-corrected chi connectivity index (χ3v) is 30.8. The summed E-state index contributed by atoms with van der Waals surface area (Å²) in [7, 11) is 0. The van der Waals surface area contributed by atoms with Gasteiger partial charge in [0, 0.05) is 102 Å². The van der Waals surface area contributed by atoms with E-state index in [9.17, 15) is 0 Å². The highest BCUT2D eigenvalue weighted by Gasteiger charge is 2.23. The van der Waals surface area contributed by atoms with E-state index >= 15 is 0 Å². The van der Waals surface area contributed by atoms with Crippen molar-refractivity contribution in [3.63, 3.8) is 0 Å². The average molecular weight is 1900 g/mol. The molecule has 0 atom stereocenters. The predicted molar refractivity (Wildman–Crippen MR) is 627 cm³/mol. The molecular weight excluding hydrogens is 1800 g/mol. The van der Waals surface area contributed by atoms with E-state index in [0.717, 1.165) is 84.3 Å². The molecule has 0 spiro atoms. The largest absolute Gasteiger partial charge is 0.456 e. The van der Waals surface area contributed by atoms with Gasteiger partial charge in [-0.3, -0.25) is 0 Å². The van der Waals surface area contributed by atoms with Crippen LogP contribution in [0.25, 0.3) is 205 Å². The highest BCUT2D eigenvalue weighted by Crippen LogP contribution is 2.49. The maximum Gasteiger partial charge on any atom is 0.135 e. The van der Waals surface area contributed by atoms with E-state index < -0.39 is 0 Å². The summed E-state index contributed by atoms with van der Waals surface area (Å²) < 4.78 is 11.4. The fourth-order valence-electron chi connectivity index (χ4n) is 21.3. The molecule has 3 heterocycles. The zero-order valence-electron chi connectivity index (χ0n) is 79.8. The van der Waals surface area contributed by atoms with Crippen LogP contribution in [0.1, 0.15) is 0 Å². The smallest absolute Gasteiger partial charge is 0.135 e. The molecule has 0 unspecified atom stereocenters. The minimum absolute atomic E-state index is 0.906. The number of benzene rings is 25. The minimum Gasteiger partial charge on any atom is -0.456 e. The van der Waals surface area contributed by atoms with Crippen LogP contribution in [0.15, 0.2) is 569 Å². The predicted octanol–water partition coefficient (Wildman–Crippen LogP) is 41.2. The number of rotatable bonds is 17. The molecule has 0 radical (unpaired) electrons. The van der Waals surface area contributed by atoms with Gasteiger partial charge < -0.3 is 19.1 Å². The van der Waals surface area contributed by atoms with Gasteiger partial charge >= 0.3 is 0 Å². The minimum atomic E-state index is 0.906. The highest BCUT2D eigenvalue weighted by atomic mass is 32.1. The van der Waals surface area contributed by atoms with Crippen LogP contribution in [0.4, 0.5) is 51.2 Å². The first kappa shape index (κ1) is 87.7. The van der Waals surface area contributed by atoms with Gasteiger partial charge in [0.2, 0.25) is 0 Å². The van der Waals surface area contributed by atoms with Crippen LogP contribution in [0.3, 0.4) is 0 Å². The van der Waals surface area contributed by atoms with Gasteiger partial charge in [0.05, 0.1) is 5.69 Å². The molecule has 4 nitrogen and oxygen atoms in total. The van der Waals surface area contributed by atoms with E-state index in [1.807, 2.05) is 34.8 Å². The lowest BCUT2D eigenvalue weighted by atomic mass is 9.94. The number of hydrogen-bond donors (Lipinski definition) is 0. The van der Waals surface area contributed by atoms with Crippen LogP contribution in [-0.4, -0.2) is 0 Å². The van der Waals surface area contributed by atoms with Crippen molar-refractivity contribution >= 4 is 190 Å². The lowest BCUT2D eigenvalue weighted by Crippen LogP contribution is -2.10. The summed E-state index contributed by atoms with van der Waals surface area (Å²) in [5, 5.41) is 20.1. The second kappa shape index (κ2) is 38.5. The Bertz CT molecular complexity index is 9720. The van der Waals surface area contributed by atoms with Gasteiger partial charge in [0.15, 0.2) is 0 Å². The SMILES string of the molecule is c1ccc(-c2ccc(-c3ccc(N(c4cccc(-c5ccc6sc7ccccc7c6c5)c4)c4cccc5ccccc45)cc3)cc2)cc1.c1ccc(-c2ccc(N(c3cccc(-c4ccc5sc6ccccc6c5c4)c3)c3ccc4c5ccccc5c5ccccc5c4c3)cc2)cc1.c1ccc(-c2cccc(-c3ccc(N(c4cccc(-c5ccc6oc7ccccc7c6c5)c4)c4ccc5ccccc5c4)cc3)c2)cc1. The van der Waals surface area contributed by atoms with E-state index in [0.29, 0.717) is 0 Å². The summed E-state index contributed by atoms with van der Waals surface area (Å²) >= 11 is 3.72. The average Bonchev–Trinajstić information content (AvgIpc) is 0.810. The zero-order chi connectivity index (χ0) is 96.7. The highest BCUT2D eigenvalue weighted by molar-refractivity contribution is 7.26. The Kier molecular flexibility index (Phi) is 23.1. The third-order valence-electron chi connectivity index (χ3n) is 28.5. The monoisotopic (exact) mass is 1900 g/mol. The lowest BCUT2D eigenvalue weighted by molar-refractivity contribution is 0.669. The molecule has 0 aliphatic carbocycles. The number of fused-ring (bicyclic) bond motifs is 17. The fourth-order valence-corrected chi connectivity index (χ4v) is 23.5. The molecule has 0 fully saturated rings. The van der Waals surface area contributed by atoms with Gasteiger partial charge in [-0.05, 0) is 301 Å². The number of anilines is 9. The van der Waals surface area contributed by atoms with Crippen molar-refractivity contribution in [3.8, 4) is 89.0 Å². The van der Waals surface area contributed by atoms with Crippen molar-refractivity contribution in [2.24, 2.45) is 0 Å². The Hall–Kier alpha value is -18.6. The van der Waals surface area contributed by atoms with E-state index in [1.54, 1.807) is 0 Å². The first-order valence-electron chi connectivity index (χ1n) is 49.8. The molecule has 6 heteroatoms. The van der Waals surface area contributed by atoms with Crippen LogP contribution in [-0.2, 0) is 0 Å². The van der Waals surface area contributed by atoms with Crippen LogP contribution in [0, 0.1) is 0 Å². The molecule has 28 rings (SSSR count). The maximum atomic E-state index is 6.12. The molecule has 0 N–H and O–H groups in total. The van der Waals surface area contributed by atoms with Gasteiger partial charge in [-0.1, -0.05) is 400 Å². The van der Waals surface area contributed by atoms with E-state index in [-0.39, 0.29) is 0 Å². The topological polar surface area (TPSA) is 22.9 Å². The second-order valence-corrected chi connectivity index (χ2v) is 39.5. The maximum absolute atomic E-state index is 6.12. The standard InChI is InChI=1S/C48H31NS.C46H31NO.C46H31NS/c1-2-11-32(12-3-1)33-21-24-36(25-22-33)49(38-26-27-43-41-17-5-4-15-39(41)40-16-6-7-18-42(40)45(43)31-38)37-14-10-13-34(29-37)35-23-28-48-46(30-35)44-19-8-9-20-47(44)50-48;1-2-10-32(11-3-1)35-14-8-15-36(28-35)34-20-24-40(25-21-34)47(42-26-22-33-12-4-5-13-37(33)29-42)41-17-9-16-38(30-41)39-23-27-46-44(31-39)43-18-6-7-19-45(43)48-46;1-2-10-32(11-3-1)33-20-22-34(23-21-33)35-24-27-39(28-25-35)47(44-18-9-13-36-12-4-5-16-41(36)44)40-15-8-14-37(30-40)38-26-29-46-43(31-38)42-17-6-7-19-45(42)48-46/h1-31H;2*1-31H. The normalized spacial score (nSPS) is 11.4. The summed E-state index contributed by atoms with van der Waals surface area (Å²) in [5.74, 6) is 0. The van der Waals surface area contributed by atoms with E-state index in [4.69, 9.17) is 4.42 Å². The van der Waals surface area contributed by atoms with Crippen LogP contribution >= 0.6 is 22.7 Å². The molecule has 0 aliphatic rings. The van der Waals surface area contributed by atoms with Crippen molar-refractivity contribution in [2.45, 2.75) is 0 Å². The van der Waals surface area contributed by atoms with E-state index in [1.165, 1.54) is 172 Å². The van der Waals surface area contributed by atoms with Crippen LogP contribution in [0.2, 0.25) is 0 Å². The molecule has 25 aromatic carbocycles. The van der Waals surface area contributed by atoms with Gasteiger partial charge in [0.1, 0.15) is 11.2 Å². The number of hydrogen-bond acceptors (Lipinski definition) is 6. The molecule has 0 amide bonds. The second-order valence-electron chi connectivity index (χ2n) is 37.3. The quantitative estimate of drug-likeness (QED) is 0.0848. The van der Waals surface area contributed by atoms with Crippen LogP contribution < -0.4 is 14.7 Å². The zero-order valence-corrected chi connectivity index (χ0v) is 81.4. The molecular formula is C140H93N3OS2. The van der Waals surface area contributed by atoms with Crippen molar-refractivity contribution in [1.82, 2.24) is 0 Å². The third kappa shape index (κ3) is 17.1. The van der Waals surface area contributed by atoms with Crippen molar-refractivity contribution in [1.29, 1.82) is 0 Å².